The van der Waals surface area contributed by atoms with Gasteiger partial charge in [0, 0.05) is 7.05 Å². The smallest absolute Gasteiger partial charge is 0.375 e. The summed E-state index contributed by atoms with van der Waals surface area (Å²) in [5.41, 5.74) is -2.16. The largest absolute Gasteiger partial charge is 0.416 e. The lowest BCUT2D eigenvalue weighted by atomic mass is 9.96. The molecule has 0 saturated carbocycles. The number of nitrogens with zero attached hydrogens (tertiary/aromatic N) is 1. The van der Waals surface area contributed by atoms with Crippen molar-refractivity contribution in [1.29, 1.82) is 0 Å². The molecule has 0 aliphatic carbocycles. The minimum atomic E-state index is -4.92. The van der Waals surface area contributed by atoms with E-state index in [0.29, 0.717) is 12.1 Å². The molecule has 0 bridgehead atoms. The predicted molar refractivity (Wildman–Crippen MR) is 99.8 cm³/mol. The molecule has 2 aromatic carbocycles. The van der Waals surface area contributed by atoms with Crippen molar-refractivity contribution < 1.29 is 35.9 Å². The van der Waals surface area contributed by atoms with E-state index < -0.39 is 36.1 Å². The number of amides is 1. The third kappa shape index (κ3) is 5.56. The minimum Gasteiger partial charge on any atom is -0.375 e. The van der Waals surface area contributed by atoms with Crippen LogP contribution in [0.2, 0.25) is 0 Å². The number of ether oxygens (including phenoxy) is 1. The van der Waals surface area contributed by atoms with Gasteiger partial charge in [0.1, 0.15) is 0 Å². The summed E-state index contributed by atoms with van der Waals surface area (Å²) in [6.45, 7) is -0.436. The lowest BCUT2D eigenvalue weighted by molar-refractivity contribution is -0.143. The number of hydrogen-bond donors (Lipinski definition) is 1. The highest BCUT2D eigenvalue weighted by Gasteiger charge is 2.37. The lowest BCUT2D eigenvalue weighted by Crippen LogP contribution is -2.56. The number of carbonyl (C=O) groups is 1. The van der Waals surface area contributed by atoms with Crippen LogP contribution < -0.4 is 5.32 Å². The Kier molecular flexibility index (Phi) is 6.61. The maximum atomic E-state index is 13.0. The molecule has 1 saturated heterocycles. The Morgan fingerprint density at radius 1 is 1.00 bits per heavy atom. The van der Waals surface area contributed by atoms with Gasteiger partial charge in [-0.05, 0) is 29.3 Å². The van der Waals surface area contributed by atoms with Gasteiger partial charge in [0.25, 0.3) is 0 Å². The third-order valence-electron chi connectivity index (χ3n) is 5.11. The van der Waals surface area contributed by atoms with Crippen molar-refractivity contribution in [2.24, 2.45) is 0 Å². The summed E-state index contributed by atoms with van der Waals surface area (Å²) in [6, 6.07) is 9.76. The second-order valence-corrected chi connectivity index (χ2v) is 7.27. The zero-order chi connectivity index (χ0) is 22.8. The van der Waals surface area contributed by atoms with E-state index in [1.165, 1.54) is 4.90 Å². The molecule has 0 unspecified atom stereocenters. The van der Waals surface area contributed by atoms with Crippen LogP contribution in [0.4, 0.5) is 26.3 Å². The van der Waals surface area contributed by atoms with E-state index in [0.717, 1.165) is 5.56 Å². The number of alkyl halides is 6. The zero-order valence-corrected chi connectivity index (χ0v) is 16.4. The van der Waals surface area contributed by atoms with E-state index >= 15 is 0 Å². The number of benzene rings is 2. The van der Waals surface area contributed by atoms with E-state index in [1.807, 2.05) is 30.3 Å². The minimum absolute atomic E-state index is 0.0758. The van der Waals surface area contributed by atoms with E-state index in [1.54, 1.807) is 7.05 Å². The number of rotatable bonds is 5. The quantitative estimate of drug-likeness (QED) is 0.692. The first kappa shape index (κ1) is 23.1. The van der Waals surface area contributed by atoms with E-state index in [4.69, 9.17) is 4.74 Å². The van der Waals surface area contributed by atoms with Crippen LogP contribution in [0.15, 0.2) is 48.5 Å². The Bertz CT molecular complexity index is 882. The summed E-state index contributed by atoms with van der Waals surface area (Å²) in [4.78, 5) is 13.6. The van der Waals surface area contributed by atoms with Gasteiger partial charge in [0.05, 0.1) is 43.0 Å². The van der Waals surface area contributed by atoms with Crippen LogP contribution in [0.5, 0.6) is 0 Å². The average Bonchev–Trinajstić information content (AvgIpc) is 2.70. The van der Waals surface area contributed by atoms with Crippen molar-refractivity contribution in [2.45, 2.75) is 31.0 Å². The molecule has 1 amide bonds. The van der Waals surface area contributed by atoms with Gasteiger partial charge in [-0.1, -0.05) is 30.3 Å². The molecule has 10 heteroatoms. The molecule has 1 heterocycles. The van der Waals surface area contributed by atoms with Gasteiger partial charge in [-0.15, -0.1) is 0 Å². The molecular formula is C21H20F6N2O2. The lowest BCUT2D eigenvalue weighted by Gasteiger charge is -2.39. The first-order valence-corrected chi connectivity index (χ1v) is 9.37. The fraction of sp³-hybridized carbons (Fsp3) is 0.381. The standard InChI is InChI=1S/C21H20F6N2O2/c1-29-17(19(28-10-18(29)30)14-5-3-2-4-6-14)12-31-11-13-7-15(20(22,23)24)9-16(8-13)21(25,26)27/h2-9,17,19,28H,10-12H2,1H3/t17-,19+/m1/s1. The van der Waals surface area contributed by atoms with E-state index in [-0.39, 0.29) is 36.7 Å². The second-order valence-electron chi connectivity index (χ2n) is 7.27. The first-order chi connectivity index (χ1) is 14.5. The van der Waals surface area contributed by atoms with Crippen molar-refractivity contribution in [1.82, 2.24) is 10.2 Å². The number of nitrogens with one attached hydrogen (secondary N) is 1. The van der Waals surface area contributed by atoms with Gasteiger partial charge < -0.3 is 9.64 Å². The number of carbonyl (C=O) groups excluding carboxylic acids is 1. The third-order valence-corrected chi connectivity index (χ3v) is 5.11. The van der Waals surface area contributed by atoms with E-state index in [9.17, 15) is 31.1 Å². The van der Waals surface area contributed by atoms with Crippen LogP contribution >= 0.6 is 0 Å². The zero-order valence-electron chi connectivity index (χ0n) is 16.4. The number of likely N-dealkylation sites (N-methyl/N-ethyl adjacent to an activating group) is 1. The maximum absolute atomic E-state index is 13.0. The Hall–Kier alpha value is -2.59. The van der Waals surface area contributed by atoms with Crippen molar-refractivity contribution in [3.63, 3.8) is 0 Å². The molecule has 0 radical (unpaired) electrons. The molecular weight excluding hydrogens is 426 g/mol. The van der Waals surface area contributed by atoms with E-state index in [2.05, 4.69) is 5.32 Å². The van der Waals surface area contributed by atoms with Crippen molar-refractivity contribution >= 4 is 5.91 Å². The van der Waals surface area contributed by atoms with Crippen molar-refractivity contribution in [2.75, 3.05) is 20.2 Å². The van der Waals surface area contributed by atoms with Gasteiger partial charge in [-0.2, -0.15) is 26.3 Å². The highest BCUT2D eigenvalue weighted by molar-refractivity contribution is 5.79. The van der Waals surface area contributed by atoms with Crippen LogP contribution in [-0.4, -0.2) is 37.0 Å². The SMILES string of the molecule is CN1C(=O)CN[C@@H](c2ccccc2)[C@H]1COCc1cc(C(F)(F)F)cc(C(F)(F)F)c1. The summed E-state index contributed by atoms with van der Waals surface area (Å²) >= 11 is 0. The van der Waals surface area contributed by atoms with Gasteiger partial charge in [0.2, 0.25) is 5.91 Å². The monoisotopic (exact) mass is 446 g/mol. The summed E-state index contributed by atoms with van der Waals surface area (Å²) < 4.78 is 83.6. The Morgan fingerprint density at radius 3 is 2.13 bits per heavy atom. The first-order valence-electron chi connectivity index (χ1n) is 9.37. The van der Waals surface area contributed by atoms with Crippen LogP contribution in [0, 0.1) is 0 Å². The molecule has 31 heavy (non-hydrogen) atoms. The Labute approximate surface area is 174 Å². The Balaban J connectivity index is 1.77. The summed E-state index contributed by atoms with van der Waals surface area (Å²) in [6.07, 6.45) is -9.84. The molecule has 2 atom stereocenters. The van der Waals surface area contributed by atoms with Gasteiger partial charge in [0.15, 0.2) is 0 Å². The summed E-state index contributed by atoms with van der Waals surface area (Å²) in [5, 5.41) is 3.10. The van der Waals surface area contributed by atoms with Crippen LogP contribution in [-0.2, 0) is 28.5 Å². The molecule has 1 aliphatic heterocycles. The molecule has 1 N–H and O–H groups in total. The fourth-order valence-corrected chi connectivity index (χ4v) is 3.48. The second kappa shape index (κ2) is 8.88. The molecule has 4 nitrogen and oxygen atoms in total. The van der Waals surface area contributed by atoms with Crippen LogP contribution in [0.25, 0.3) is 0 Å². The van der Waals surface area contributed by atoms with Crippen LogP contribution in [0.1, 0.15) is 28.3 Å². The Morgan fingerprint density at radius 2 is 1.58 bits per heavy atom. The molecule has 0 spiro atoms. The normalized spacial score (nSPS) is 20.2. The van der Waals surface area contributed by atoms with Gasteiger partial charge in [-0.3, -0.25) is 10.1 Å². The average molecular weight is 446 g/mol. The highest BCUT2D eigenvalue weighted by atomic mass is 19.4. The number of hydrogen-bond acceptors (Lipinski definition) is 3. The maximum Gasteiger partial charge on any atom is 0.416 e. The summed E-state index contributed by atoms with van der Waals surface area (Å²) in [5.74, 6) is -0.195. The van der Waals surface area contributed by atoms with Crippen molar-refractivity contribution in [3.8, 4) is 0 Å². The van der Waals surface area contributed by atoms with Crippen molar-refractivity contribution in [3.05, 3.63) is 70.8 Å². The summed E-state index contributed by atoms with van der Waals surface area (Å²) in [7, 11) is 1.58. The fourth-order valence-electron chi connectivity index (χ4n) is 3.48. The number of piperazine rings is 1. The van der Waals surface area contributed by atoms with Gasteiger partial charge >= 0.3 is 12.4 Å². The molecule has 1 fully saturated rings. The molecule has 3 rings (SSSR count). The molecule has 1 aliphatic rings. The molecule has 168 valence electrons. The molecule has 2 aromatic rings. The van der Waals surface area contributed by atoms with Gasteiger partial charge in [-0.25, -0.2) is 0 Å². The molecule has 0 aromatic heterocycles. The van der Waals surface area contributed by atoms with Crippen LogP contribution in [0.3, 0.4) is 0 Å². The number of halogens is 6. The topological polar surface area (TPSA) is 41.6 Å². The predicted octanol–water partition coefficient (Wildman–Crippen LogP) is 4.41. The highest BCUT2D eigenvalue weighted by Crippen LogP contribution is 2.36.